The average molecular weight is 507 g/mol. The minimum atomic E-state index is -0.792. The molecule has 1 saturated heterocycles. The van der Waals surface area contributed by atoms with Crippen molar-refractivity contribution in [3.63, 3.8) is 0 Å². The van der Waals surface area contributed by atoms with Crippen LogP contribution in [0.25, 0.3) is 0 Å². The first-order valence-corrected chi connectivity index (χ1v) is 12.0. The third-order valence-corrected chi connectivity index (χ3v) is 7.56. The van der Waals surface area contributed by atoms with Crippen LogP contribution in [0, 0.1) is 0 Å². The summed E-state index contributed by atoms with van der Waals surface area (Å²) in [5.74, 6) is -0.686. The molecule has 1 fully saturated rings. The quantitative estimate of drug-likeness (QED) is 0.450. The molecule has 0 radical (unpaired) electrons. The monoisotopic (exact) mass is 506 g/mol. The van der Waals surface area contributed by atoms with Crippen LogP contribution in [0.2, 0.25) is 0 Å². The number of nitrogens with zero attached hydrogens (tertiary/aromatic N) is 3. The van der Waals surface area contributed by atoms with Crippen LogP contribution >= 0.6 is 34.7 Å². The SMILES string of the molecule is COc1ccc(COC(=O)C2=C(C)/C(=C/Cl)SC3C(NC(=O)Cc4nncs4)C(=O)N23)cc1. The Morgan fingerprint density at radius 3 is 2.70 bits per heavy atom. The molecular formula is C21H19ClN4O5S2. The number of aromatic nitrogens is 2. The van der Waals surface area contributed by atoms with Crippen molar-refractivity contribution < 1.29 is 23.9 Å². The van der Waals surface area contributed by atoms with Gasteiger partial charge in [-0.1, -0.05) is 35.5 Å². The number of esters is 1. The summed E-state index contributed by atoms with van der Waals surface area (Å²) in [7, 11) is 1.57. The van der Waals surface area contributed by atoms with Crippen molar-refractivity contribution in [2.24, 2.45) is 0 Å². The van der Waals surface area contributed by atoms with E-state index in [0.29, 0.717) is 21.2 Å². The minimum Gasteiger partial charge on any atom is -0.497 e. The second-order valence-corrected chi connectivity index (χ2v) is 9.44. The number of benzene rings is 1. The van der Waals surface area contributed by atoms with E-state index in [-0.39, 0.29) is 30.5 Å². The molecule has 0 aliphatic carbocycles. The number of amides is 2. The molecular weight excluding hydrogens is 488 g/mol. The van der Waals surface area contributed by atoms with Gasteiger partial charge < -0.3 is 14.8 Å². The number of ether oxygens (including phenoxy) is 2. The Hall–Kier alpha value is -2.89. The lowest BCUT2D eigenvalue weighted by atomic mass is 10.0. The van der Waals surface area contributed by atoms with Crippen LogP contribution in [0.3, 0.4) is 0 Å². The van der Waals surface area contributed by atoms with Crippen molar-refractivity contribution >= 4 is 52.5 Å². The Bertz CT molecular complexity index is 1130. The van der Waals surface area contributed by atoms with Gasteiger partial charge in [0.25, 0.3) is 5.91 Å². The van der Waals surface area contributed by atoms with Gasteiger partial charge in [-0.25, -0.2) is 4.79 Å². The molecule has 0 saturated carbocycles. The zero-order chi connectivity index (χ0) is 23.5. The summed E-state index contributed by atoms with van der Waals surface area (Å²) in [5.41, 5.74) is 4.33. The van der Waals surface area contributed by atoms with Gasteiger partial charge in [0.15, 0.2) is 0 Å². The van der Waals surface area contributed by atoms with E-state index in [2.05, 4.69) is 15.5 Å². The van der Waals surface area contributed by atoms with E-state index < -0.39 is 17.4 Å². The van der Waals surface area contributed by atoms with Crippen molar-refractivity contribution in [2.75, 3.05) is 7.11 Å². The van der Waals surface area contributed by atoms with Gasteiger partial charge in [0, 0.05) is 10.4 Å². The zero-order valence-corrected chi connectivity index (χ0v) is 20.0. The normalized spacial score (nSPS) is 20.9. The van der Waals surface area contributed by atoms with Crippen LogP contribution in [0.4, 0.5) is 0 Å². The number of thioether (sulfide) groups is 1. The lowest BCUT2D eigenvalue weighted by Gasteiger charge is -2.49. The number of allylic oxidation sites excluding steroid dienone is 1. The summed E-state index contributed by atoms with van der Waals surface area (Å²) in [5, 5.41) is 10.3. The molecule has 33 heavy (non-hydrogen) atoms. The first kappa shape index (κ1) is 23.3. The van der Waals surface area contributed by atoms with E-state index in [1.807, 2.05) is 0 Å². The molecule has 1 aromatic carbocycles. The summed E-state index contributed by atoms with van der Waals surface area (Å²) in [6.07, 6.45) is 0.0235. The summed E-state index contributed by atoms with van der Waals surface area (Å²) in [6, 6.07) is 6.32. The van der Waals surface area contributed by atoms with Crippen LogP contribution in [0.15, 0.2) is 51.5 Å². The van der Waals surface area contributed by atoms with Crippen LogP contribution in [0.1, 0.15) is 17.5 Å². The summed E-state index contributed by atoms with van der Waals surface area (Å²) in [4.78, 5) is 40.2. The van der Waals surface area contributed by atoms with Gasteiger partial charge in [-0.05, 0) is 30.2 Å². The first-order valence-electron chi connectivity index (χ1n) is 9.78. The highest BCUT2D eigenvalue weighted by molar-refractivity contribution is 8.04. The lowest BCUT2D eigenvalue weighted by Crippen LogP contribution is -2.70. The van der Waals surface area contributed by atoms with E-state index in [1.165, 1.54) is 39.0 Å². The zero-order valence-electron chi connectivity index (χ0n) is 17.6. The van der Waals surface area contributed by atoms with Crippen molar-refractivity contribution in [1.82, 2.24) is 20.4 Å². The van der Waals surface area contributed by atoms with Gasteiger partial charge in [0.05, 0.1) is 13.5 Å². The van der Waals surface area contributed by atoms with E-state index in [9.17, 15) is 14.4 Å². The van der Waals surface area contributed by atoms with Crippen LogP contribution in [-0.4, -0.2) is 51.4 Å². The number of rotatable bonds is 7. The molecule has 3 heterocycles. The maximum absolute atomic E-state index is 13.0. The van der Waals surface area contributed by atoms with Crippen molar-refractivity contribution in [1.29, 1.82) is 0 Å². The molecule has 12 heteroatoms. The third-order valence-electron chi connectivity index (χ3n) is 5.11. The Labute approximate surface area is 202 Å². The molecule has 2 aromatic rings. The molecule has 2 amide bonds. The number of β-lactam (4-membered cyclic amide) rings is 1. The standard InChI is InChI=1S/C21H19ClN4O5S2/c1-11-14(8-22)33-20-17(24-15(27)7-16-25-23-10-32-16)19(28)26(20)18(11)21(29)31-9-12-3-5-13(30-2)6-4-12/h3-6,8,10,17,20H,7,9H2,1-2H3,(H,24,27)/b14-8-. The summed E-state index contributed by atoms with van der Waals surface area (Å²) in [6.45, 7) is 1.73. The molecule has 0 bridgehead atoms. The molecule has 9 nitrogen and oxygen atoms in total. The van der Waals surface area contributed by atoms with Gasteiger partial charge >= 0.3 is 5.97 Å². The van der Waals surface area contributed by atoms with Crippen molar-refractivity contribution in [3.8, 4) is 5.75 Å². The fourth-order valence-electron chi connectivity index (χ4n) is 3.40. The summed E-state index contributed by atoms with van der Waals surface area (Å²) < 4.78 is 10.6. The summed E-state index contributed by atoms with van der Waals surface area (Å²) >= 11 is 8.54. The van der Waals surface area contributed by atoms with E-state index >= 15 is 0 Å². The van der Waals surface area contributed by atoms with Crippen molar-refractivity contribution in [2.45, 2.75) is 31.4 Å². The Morgan fingerprint density at radius 1 is 1.30 bits per heavy atom. The highest BCUT2D eigenvalue weighted by Crippen LogP contribution is 2.46. The number of methoxy groups -OCH3 is 1. The number of hydrogen-bond acceptors (Lipinski definition) is 9. The Morgan fingerprint density at radius 2 is 2.06 bits per heavy atom. The second kappa shape index (κ2) is 9.94. The highest BCUT2D eigenvalue weighted by Gasteiger charge is 2.55. The van der Waals surface area contributed by atoms with Crippen molar-refractivity contribution in [3.05, 3.63) is 62.1 Å². The molecule has 2 unspecified atom stereocenters. The molecule has 0 spiro atoms. The topological polar surface area (TPSA) is 111 Å². The maximum atomic E-state index is 13.0. The van der Waals surface area contributed by atoms with Gasteiger partial charge in [-0.15, -0.1) is 21.5 Å². The Kier molecular flexibility index (Phi) is 7.01. The predicted molar refractivity (Wildman–Crippen MR) is 123 cm³/mol. The first-order chi connectivity index (χ1) is 15.9. The predicted octanol–water partition coefficient (Wildman–Crippen LogP) is 2.59. The number of carbonyl (C=O) groups excluding carboxylic acids is 3. The van der Waals surface area contributed by atoms with Crippen LogP contribution < -0.4 is 10.1 Å². The number of hydrogen-bond donors (Lipinski definition) is 1. The molecule has 172 valence electrons. The molecule has 4 rings (SSSR count). The minimum absolute atomic E-state index is 0.0235. The Balaban J connectivity index is 1.46. The van der Waals surface area contributed by atoms with Gasteiger partial charge in [0.2, 0.25) is 5.91 Å². The van der Waals surface area contributed by atoms with Crippen LogP contribution in [0.5, 0.6) is 5.75 Å². The van der Waals surface area contributed by atoms with Gasteiger partial charge in [0.1, 0.15) is 40.0 Å². The number of halogens is 1. The fraction of sp³-hybridized carbons (Fsp3) is 0.286. The van der Waals surface area contributed by atoms with E-state index in [1.54, 1.807) is 38.3 Å². The molecule has 2 aliphatic heterocycles. The largest absolute Gasteiger partial charge is 0.497 e. The van der Waals surface area contributed by atoms with E-state index in [4.69, 9.17) is 21.1 Å². The second-order valence-electron chi connectivity index (χ2n) is 7.14. The molecule has 1 aromatic heterocycles. The van der Waals surface area contributed by atoms with E-state index in [0.717, 1.165) is 5.56 Å². The molecule has 2 atom stereocenters. The van der Waals surface area contributed by atoms with Crippen LogP contribution in [-0.2, 0) is 32.1 Å². The van der Waals surface area contributed by atoms with Gasteiger partial charge in [-0.3, -0.25) is 14.5 Å². The highest BCUT2D eigenvalue weighted by atomic mass is 35.5. The number of fused-ring (bicyclic) bond motifs is 1. The number of nitrogens with one attached hydrogen (secondary N) is 1. The maximum Gasteiger partial charge on any atom is 0.355 e. The lowest BCUT2D eigenvalue weighted by molar-refractivity contribution is -0.153. The van der Waals surface area contributed by atoms with Gasteiger partial charge in [-0.2, -0.15) is 0 Å². The average Bonchev–Trinajstić information content (AvgIpc) is 3.34. The third kappa shape index (κ3) is 4.75. The smallest absolute Gasteiger partial charge is 0.355 e. The molecule has 1 N–H and O–H groups in total. The molecule has 2 aliphatic rings. The number of carbonyl (C=O) groups is 3. The fourth-order valence-corrected chi connectivity index (χ4v) is 5.47.